The molecule has 12 heteroatoms. The Kier molecular flexibility index (Phi) is 8.56. The average molecular weight is 547 g/mol. The molecule has 4 amide bonds. The van der Waals surface area contributed by atoms with Crippen molar-refractivity contribution in [2.75, 3.05) is 22.1 Å². The molecule has 38 heavy (non-hydrogen) atoms. The molecule has 192 valence electrons. The molecular weight excluding hydrogens is 524 g/mol. The third-order valence-corrected chi connectivity index (χ3v) is 7.18. The predicted octanol–water partition coefficient (Wildman–Crippen LogP) is 3.29. The number of nitrogens with zero attached hydrogens (tertiary/aromatic N) is 2. The van der Waals surface area contributed by atoms with Gasteiger partial charge < -0.3 is 22.1 Å². The number of anilines is 2. The molecule has 4 rings (SSSR count). The van der Waals surface area contributed by atoms with Crippen LogP contribution in [0.4, 0.5) is 11.4 Å². The van der Waals surface area contributed by atoms with Gasteiger partial charge in [0.05, 0.1) is 45.0 Å². The number of para-hydroxylation sites is 4. The number of hydrogen-bond acceptors (Lipinski definition) is 8. The van der Waals surface area contributed by atoms with Crippen LogP contribution in [0.1, 0.15) is 20.7 Å². The van der Waals surface area contributed by atoms with Gasteiger partial charge in [-0.15, -0.1) is 0 Å². The van der Waals surface area contributed by atoms with E-state index in [9.17, 15) is 19.2 Å². The Morgan fingerprint density at radius 2 is 0.974 bits per heavy atom. The van der Waals surface area contributed by atoms with Crippen molar-refractivity contribution in [3.8, 4) is 0 Å². The van der Waals surface area contributed by atoms with E-state index in [2.05, 4.69) is 20.6 Å². The van der Waals surface area contributed by atoms with E-state index in [0.29, 0.717) is 32.5 Å². The van der Waals surface area contributed by atoms with Crippen LogP contribution in [0.3, 0.4) is 0 Å². The Labute approximate surface area is 226 Å². The highest BCUT2D eigenvalue weighted by Gasteiger charge is 2.17. The first-order valence-electron chi connectivity index (χ1n) is 11.2. The van der Waals surface area contributed by atoms with Crippen molar-refractivity contribution in [3.05, 3.63) is 83.9 Å². The number of carbonyl (C=O) groups excluding carboxylic acids is 4. The molecule has 0 unspecified atom stereocenters. The number of carbonyl (C=O) groups is 4. The van der Waals surface area contributed by atoms with Crippen LogP contribution in [-0.4, -0.2) is 45.1 Å². The first-order valence-corrected chi connectivity index (χ1v) is 13.2. The van der Waals surface area contributed by atoms with Gasteiger partial charge in [-0.25, -0.2) is 9.97 Å². The molecule has 0 saturated carbocycles. The van der Waals surface area contributed by atoms with Crippen molar-refractivity contribution < 1.29 is 19.2 Å². The van der Waals surface area contributed by atoms with Crippen molar-refractivity contribution in [1.82, 2.24) is 9.97 Å². The smallest absolute Gasteiger partial charge is 0.250 e. The van der Waals surface area contributed by atoms with Crippen LogP contribution in [0.25, 0.3) is 11.0 Å². The Morgan fingerprint density at radius 3 is 1.37 bits per heavy atom. The summed E-state index contributed by atoms with van der Waals surface area (Å²) in [6.07, 6.45) is 0. The zero-order valence-corrected chi connectivity index (χ0v) is 21.5. The minimum absolute atomic E-state index is 0.0220. The van der Waals surface area contributed by atoms with Gasteiger partial charge >= 0.3 is 0 Å². The summed E-state index contributed by atoms with van der Waals surface area (Å²) in [6.45, 7) is 0. The molecule has 0 aliphatic heterocycles. The number of rotatable bonds is 10. The normalized spacial score (nSPS) is 10.6. The highest BCUT2D eigenvalue weighted by molar-refractivity contribution is 8.02. The summed E-state index contributed by atoms with van der Waals surface area (Å²) >= 11 is 2.30. The maximum atomic E-state index is 12.7. The molecular formula is C26H22N6O4S2. The molecule has 6 N–H and O–H groups in total. The van der Waals surface area contributed by atoms with Crippen LogP contribution in [0.5, 0.6) is 0 Å². The first kappa shape index (κ1) is 26.6. The zero-order valence-electron chi connectivity index (χ0n) is 19.8. The van der Waals surface area contributed by atoms with E-state index in [1.165, 1.54) is 12.1 Å². The van der Waals surface area contributed by atoms with Gasteiger partial charge in [0, 0.05) is 0 Å². The topological polar surface area (TPSA) is 170 Å². The largest absolute Gasteiger partial charge is 0.366 e. The van der Waals surface area contributed by atoms with Gasteiger partial charge in [0.2, 0.25) is 11.8 Å². The average Bonchev–Trinajstić information content (AvgIpc) is 2.90. The van der Waals surface area contributed by atoms with Gasteiger partial charge in [-0.3, -0.25) is 19.2 Å². The Balaban J connectivity index is 1.47. The predicted molar refractivity (Wildman–Crippen MR) is 148 cm³/mol. The van der Waals surface area contributed by atoms with Gasteiger partial charge in [0.1, 0.15) is 10.1 Å². The second-order valence-corrected chi connectivity index (χ2v) is 9.74. The lowest BCUT2D eigenvalue weighted by Crippen LogP contribution is -2.20. The third kappa shape index (κ3) is 6.66. The van der Waals surface area contributed by atoms with Crippen LogP contribution >= 0.6 is 23.5 Å². The van der Waals surface area contributed by atoms with Crippen LogP contribution < -0.4 is 22.1 Å². The summed E-state index contributed by atoms with van der Waals surface area (Å²) < 4.78 is 0. The molecule has 1 heterocycles. The molecule has 0 aliphatic carbocycles. The van der Waals surface area contributed by atoms with E-state index < -0.39 is 11.8 Å². The van der Waals surface area contributed by atoms with Crippen molar-refractivity contribution in [2.24, 2.45) is 11.5 Å². The Morgan fingerprint density at radius 1 is 0.605 bits per heavy atom. The van der Waals surface area contributed by atoms with Gasteiger partial charge in [0.15, 0.2) is 0 Å². The number of aromatic nitrogens is 2. The number of nitrogens with two attached hydrogens (primary N) is 2. The summed E-state index contributed by atoms with van der Waals surface area (Å²) in [4.78, 5) is 57.8. The molecule has 1 aromatic heterocycles. The summed E-state index contributed by atoms with van der Waals surface area (Å²) in [5.74, 6) is -2.07. The number of benzene rings is 3. The van der Waals surface area contributed by atoms with Gasteiger partial charge in [0.25, 0.3) is 11.8 Å². The maximum Gasteiger partial charge on any atom is 0.250 e. The fourth-order valence-electron chi connectivity index (χ4n) is 3.41. The van der Waals surface area contributed by atoms with E-state index >= 15 is 0 Å². The minimum Gasteiger partial charge on any atom is -0.366 e. The first-order chi connectivity index (χ1) is 18.3. The van der Waals surface area contributed by atoms with Crippen LogP contribution in [0.2, 0.25) is 0 Å². The highest BCUT2D eigenvalue weighted by Crippen LogP contribution is 2.30. The summed E-state index contributed by atoms with van der Waals surface area (Å²) in [7, 11) is 0. The Bertz CT molecular complexity index is 1430. The highest BCUT2D eigenvalue weighted by atomic mass is 32.2. The van der Waals surface area contributed by atoms with E-state index in [4.69, 9.17) is 11.5 Å². The molecule has 0 radical (unpaired) electrons. The SMILES string of the molecule is NC(=O)c1ccccc1NC(=O)CSc1nc2ccccc2nc1SCC(=O)Nc1ccccc1C(N)=O. The van der Waals surface area contributed by atoms with E-state index in [1.807, 2.05) is 12.1 Å². The molecule has 0 fully saturated rings. The number of thioether (sulfide) groups is 2. The molecule has 0 saturated heterocycles. The lowest BCUT2D eigenvalue weighted by Gasteiger charge is -2.11. The Hall–Kier alpha value is -4.42. The van der Waals surface area contributed by atoms with Crippen molar-refractivity contribution in [3.63, 3.8) is 0 Å². The van der Waals surface area contributed by atoms with Crippen molar-refractivity contribution in [1.29, 1.82) is 0 Å². The fourth-order valence-corrected chi connectivity index (χ4v) is 5.11. The van der Waals surface area contributed by atoms with Crippen LogP contribution in [0, 0.1) is 0 Å². The molecule has 0 spiro atoms. The van der Waals surface area contributed by atoms with Gasteiger partial charge in [-0.1, -0.05) is 59.9 Å². The van der Waals surface area contributed by atoms with Crippen molar-refractivity contribution in [2.45, 2.75) is 10.1 Å². The lowest BCUT2D eigenvalue weighted by atomic mass is 10.1. The maximum absolute atomic E-state index is 12.7. The lowest BCUT2D eigenvalue weighted by molar-refractivity contribution is -0.114. The van der Waals surface area contributed by atoms with Crippen LogP contribution in [-0.2, 0) is 9.59 Å². The number of nitrogens with one attached hydrogen (secondary N) is 2. The molecule has 3 aromatic carbocycles. The summed E-state index contributed by atoms with van der Waals surface area (Å²) in [6, 6.07) is 20.2. The quantitative estimate of drug-likeness (QED) is 0.220. The number of hydrogen-bond donors (Lipinski definition) is 4. The summed E-state index contributed by atoms with van der Waals surface area (Å²) in [5, 5.41) is 6.33. The second kappa shape index (κ2) is 12.2. The van der Waals surface area contributed by atoms with Crippen molar-refractivity contribution >= 4 is 69.6 Å². The van der Waals surface area contributed by atoms with E-state index in [0.717, 1.165) is 23.5 Å². The van der Waals surface area contributed by atoms with E-state index in [1.54, 1.807) is 48.5 Å². The number of primary amides is 2. The standard InChI is InChI=1S/C26H22N6O4S2/c27-23(35)15-7-1-3-9-17(15)29-21(33)13-37-25-26(32-20-12-6-5-11-19(20)31-25)38-14-22(34)30-18-10-4-2-8-16(18)24(28)36/h1-12H,13-14H2,(H2,27,35)(H2,28,36)(H,29,33)(H,30,34). The number of amides is 4. The summed E-state index contributed by atoms with van der Waals surface area (Å²) in [5.41, 5.74) is 13.1. The fraction of sp³-hybridized carbons (Fsp3) is 0.0769. The molecule has 0 bridgehead atoms. The second-order valence-electron chi connectivity index (χ2n) is 7.82. The minimum atomic E-state index is -0.649. The van der Waals surface area contributed by atoms with Gasteiger partial charge in [-0.05, 0) is 36.4 Å². The third-order valence-electron chi connectivity index (χ3n) is 5.12. The monoisotopic (exact) mass is 546 g/mol. The van der Waals surface area contributed by atoms with E-state index in [-0.39, 0.29) is 34.4 Å². The zero-order chi connectivity index (χ0) is 27.1. The number of fused-ring (bicyclic) bond motifs is 1. The molecule has 0 atom stereocenters. The molecule has 0 aliphatic rings. The molecule has 4 aromatic rings. The van der Waals surface area contributed by atoms with Gasteiger partial charge in [-0.2, -0.15) is 0 Å². The van der Waals surface area contributed by atoms with Crippen LogP contribution in [0.15, 0.2) is 82.8 Å². The molecule has 10 nitrogen and oxygen atoms in total.